The molecule has 2 fully saturated rings. The minimum atomic E-state index is -2.26. The number of benzene rings is 1. The van der Waals surface area contributed by atoms with Crippen LogP contribution >= 0.6 is 11.6 Å². The van der Waals surface area contributed by atoms with E-state index in [9.17, 15) is 13.6 Å². The molecule has 3 aromatic rings. The number of hydrogen-bond donors (Lipinski definition) is 0. The molecule has 0 spiro atoms. The summed E-state index contributed by atoms with van der Waals surface area (Å²) in [5.74, 6) is -0.439. The van der Waals surface area contributed by atoms with E-state index in [0.29, 0.717) is 30.4 Å². The van der Waals surface area contributed by atoms with Crippen LogP contribution in [0.15, 0.2) is 30.6 Å². The van der Waals surface area contributed by atoms with Crippen molar-refractivity contribution in [3.05, 3.63) is 41.3 Å². The average molecular weight is 528 g/mol. The monoisotopic (exact) mass is 527 g/mol. The van der Waals surface area contributed by atoms with Crippen LogP contribution in [0.5, 0.6) is 0 Å². The molecule has 1 aromatic carbocycles. The number of carbonyl (C=O) groups excluding carboxylic acids is 1. The highest BCUT2D eigenvalue weighted by molar-refractivity contribution is 6.34. The minimum absolute atomic E-state index is 0.0691. The summed E-state index contributed by atoms with van der Waals surface area (Å²) >= 11 is 6.62. The van der Waals surface area contributed by atoms with E-state index >= 15 is 0 Å². The van der Waals surface area contributed by atoms with Gasteiger partial charge in [0.2, 0.25) is 12.3 Å². The number of anilines is 1. The molecule has 0 bridgehead atoms. The summed E-state index contributed by atoms with van der Waals surface area (Å²) in [5.41, 5.74) is 4.48. The first kappa shape index (κ1) is 24.7. The Kier molecular flexibility index (Phi) is 5.84. The van der Waals surface area contributed by atoms with Crippen molar-refractivity contribution in [1.29, 1.82) is 0 Å². The SMILES string of the molecule is CC(C)n1cnc2cc(-c3ccc4c(c3)N(C3CC(N5CCC(C(F)F)C5)C3)C(=O)C4(C)C)nc(Cl)c21. The number of nitrogens with zero attached hydrogens (tertiary/aromatic N) is 5. The summed E-state index contributed by atoms with van der Waals surface area (Å²) in [6, 6.07) is 8.56. The van der Waals surface area contributed by atoms with Crippen molar-refractivity contribution in [2.24, 2.45) is 5.92 Å². The largest absolute Gasteiger partial charge is 0.326 e. The molecule has 1 saturated heterocycles. The molecule has 2 aromatic heterocycles. The summed E-state index contributed by atoms with van der Waals surface area (Å²) in [7, 11) is 0. The molecule has 6 rings (SSSR count). The second kappa shape index (κ2) is 8.73. The number of likely N-dealkylation sites (tertiary alicyclic amines) is 1. The topological polar surface area (TPSA) is 54.3 Å². The molecule has 1 aliphatic carbocycles. The van der Waals surface area contributed by atoms with Crippen molar-refractivity contribution >= 4 is 34.2 Å². The predicted octanol–water partition coefficient (Wildman–Crippen LogP) is 6.07. The highest BCUT2D eigenvalue weighted by Gasteiger charge is 2.50. The summed E-state index contributed by atoms with van der Waals surface area (Å²) in [6.45, 7) is 9.26. The van der Waals surface area contributed by atoms with E-state index < -0.39 is 17.8 Å². The quantitative estimate of drug-likeness (QED) is 0.378. The summed E-state index contributed by atoms with van der Waals surface area (Å²) in [5, 5.41) is 0.405. The van der Waals surface area contributed by atoms with Crippen molar-refractivity contribution in [2.75, 3.05) is 18.0 Å². The Labute approximate surface area is 220 Å². The van der Waals surface area contributed by atoms with Crippen molar-refractivity contribution < 1.29 is 13.6 Å². The first-order valence-electron chi connectivity index (χ1n) is 13.1. The molecule has 1 unspecified atom stereocenters. The van der Waals surface area contributed by atoms with Gasteiger partial charge in [-0.3, -0.25) is 9.69 Å². The van der Waals surface area contributed by atoms with E-state index in [1.165, 1.54) is 0 Å². The molecular weight excluding hydrogens is 496 g/mol. The van der Waals surface area contributed by atoms with Crippen molar-refractivity contribution in [3.63, 3.8) is 0 Å². The lowest BCUT2D eigenvalue weighted by atomic mass is 9.83. The lowest BCUT2D eigenvalue weighted by molar-refractivity contribution is -0.123. The zero-order valence-corrected chi connectivity index (χ0v) is 22.3. The summed E-state index contributed by atoms with van der Waals surface area (Å²) in [6.07, 6.45) is 1.70. The number of amides is 1. The molecule has 2 aliphatic heterocycles. The van der Waals surface area contributed by atoms with Crippen LogP contribution < -0.4 is 4.90 Å². The number of imidazole rings is 1. The zero-order chi connectivity index (χ0) is 26.2. The van der Waals surface area contributed by atoms with Gasteiger partial charge in [0, 0.05) is 41.8 Å². The normalized spacial score (nSPS) is 25.5. The molecule has 6 nitrogen and oxygen atoms in total. The van der Waals surface area contributed by atoms with Crippen molar-refractivity contribution in [2.45, 2.75) is 76.9 Å². The summed E-state index contributed by atoms with van der Waals surface area (Å²) in [4.78, 5) is 27.0. The maximum absolute atomic E-state index is 13.6. The van der Waals surface area contributed by atoms with E-state index in [1.807, 2.05) is 47.6 Å². The molecule has 1 amide bonds. The Balaban J connectivity index is 1.30. The van der Waals surface area contributed by atoms with Gasteiger partial charge in [-0.15, -0.1) is 0 Å². The zero-order valence-electron chi connectivity index (χ0n) is 21.6. The van der Waals surface area contributed by atoms with Crippen LogP contribution in [0.1, 0.15) is 58.6 Å². The molecule has 37 heavy (non-hydrogen) atoms. The van der Waals surface area contributed by atoms with Gasteiger partial charge < -0.3 is 9.47 Å². The van der Waals surface area contributed by atoms with Crippen LogP contribution in [0, 0.1) is 5.92 Å². The highest BCUT2D eigenvalue weighted by atomic mass is 35.5. The van der Waals surface area contributed by atoms with E-state index in [4.69, 9.17) is 16.6 Å². The van der Waals surface area contributed by atoms with E-state index in [0.717, 1.165) is 40.7 Å². The second-order valence-electron chi connectivity index (χ2n) is 11.6. The van der Waals surface area contributed by atoms with Gasteiger partial charge in [0.1, 0.15) is 5.52 Å². The number of aromatic nitrogens is 3. The Morgan fingerprint density at radius 1 is 1.14 bits per heavy atom. The van der Waals surface area contributed by atoms with Gasteiger partial charge in [-0.2, -0.15) is 0 Å². The number of hydrogen-bond acceptors (Lipinski definition) is 4. The third-order valence-corrected chi connectivity index (χ3v) is 8.89. The third-order valence-electron chi connectivity index (χ3n) is 8.63. The van der Waals surface area contributed by atoms with Crippen LogP contribution in [0.4, 0.5) is 14.5 Å². The van der Waals surface area contributed by atoms with Gasteiger partial charge in [0.25, 0.3) is 0 Å². The maximum atomic E-state index is 13.6. The maximum Gasteiger partial charge on any atom is 0.242 e. The fraction of sp³-hybridized carbons (Fsp3) is 0.536. The van der Waals surface area contributed by atoms with Gasteiger partial charge in [-0.05, 0) is 71.2 Å². The average Bonchev–Trinajstić information content (AvgIpc) is 3.51. The smallest absolute Gasteiger partial charge is 0.242 e. The minimum Gasteiger partial charge on any atom is -0.326 e. The molecule has 196 valence electrons. The van der Waals surface area contributed by atoms with E-state index in [-0.39, 0.29) is 24.0 Å². The third kappa shape index (κ3) is 3.86. The molecule has 9 heteroatoms. The highest BCUT2D eigenvalue weighted by Crippen LogP contribution is 2.48. The number of rotatable bonds is 5. The number of halogens is 3. The van der Waals surface area contributed by atoms with Gasteiger partial charge in [0.05, 0.1) is 23.0 Å². The van der Waals surface area contributed by atoms with Gasteiger partial charge in [0.15, 0.2) is 5.15 Å². The van der Waals surface area contributed by atoms with Crippen molar-refractivity contribution in [3.8, 4) is 11.3 Å². The molecule has 1 saturated carbocycles. The lowest BCUT2D eigenvalue weighted by Crippen LogP contribution is -2.55. The Hall–Kier alpha value is -2.58. The number of pyridine rings is 1. The Bertz CT molecular complexity index is 1380. The molecule has 1 atom stereocenters. The summed E-state index contributed by atoms with van der Waals surface area (Å²) < 4.78 is 28.3. The predicted molar refractivity (Wildman–Crippen MR) is 141 cm³/mol. The molecular formula is C28H32ClF2N5O. The fourth-order valence-corrected chi connectivity index (χ4v) is 6.57. The number of alkyl halides is 2. The van der Waals surface area contributed by atoms with Crippen LogP contribution in [0.25, 0.3) is 22.3 Å². The van der Waals surface area contributed by atoms with Crippen LogP contribution in [-0.4, -0.2) is 56.9 Å². The number of fused-ring (bicyclic) bond motifs is 2. The van der Waals surface area contributed by atoms with Gasteiger partial charge >= 0.3 is 0 Å². The van der Waals surface area contributed by atoms with Crippen LogP contribution in [-0.2, 0) is 10.2 Å². The number of carbonyl (C=O) groups is 1. The first-order chi connectivity index (χ1) is 17.6. The van der Waals surface area contributed by atoms with Gasteiger partial charge in [-0.1, -0.05) is 23.7 Å². The standard InChI is InChI=1S/C28H32ClF2N5O/c1-15(2)35-14-32-22-12-21(33-25(29)24(22)35)16-5-6-20-23(9-16)36(27(37)28(20,3)4)19-10-18(11-19)34-8-7-17(13-34)26(30)31/h5-6,9,12,14-15,17-19,26H,7-8,10-11,13H2,1-4H3. The van der Waals surface area contributed by atoms with Crippen LogP contribution in [0.3, 0.4) is 0 Å². The Morgan fingerprint density at radius 2 is 1.89 bits per heavy atom. The Morgan fingerprint density at radius 3 is 2.57 bits per heavy atom. The molecule has 0 N–H and O–H groups in total. The van der Waals surface area contributed by atoms with Gasteiger partial charge in [-0.25, -0.2) is 18.7 Å². The molecule has 4 heterocycles. The van der Waals surface area contributed by atoms with E-state index in [1.54, 1.807) is 6.33 Å². The fourth-order valence-electron chi connectivity index (χ4n) is 6.28. The van der Waals surface area contributed by atoms with Crippen molar-refractivity contribution in [1.82, 2.24) is 19.4 Å². The molecule has 3 aliphatic rings. The van der Waals surface area contributed by atoms with Crippen LogP contribution in [0.2, 0.25) is 5.15 Å². The first-order valence-corrected chi connectivity index (χ1v) is 13.5. The second-order valence-corrected chi connectivity index (χ2v) is 12.0. The lowest BCUT2D eigenvalue weighted by Gasteiger charge is -2.46. The molecule has 0 radical (unpaired) electrons. The van der Waals surface area contributed by atoms with E-state index in [2.05, 4.69) is 23.7 Å².